The first-order chi connectivity index (χ1) is 15.8. The lowest BCUT2D eigenvalue weighted by Crippen LogP contribution is -2.28. The molecule has 0 saturated carbocycles. The molecule has 0 aliphatic rings. The van der Waals surface area contributed by atoms with E-state index in [9.17, 15) is 9.59 Å². The van der Waals surface area contributed by atoms with Crippen molar-refractivity contribution in [3.05, 3.63) is 60.4 Å². The number of carbonyl (C=O) groups is 2. The normalized spacial score (nSPS) is 11.3. The topological polar surface area (TPSA) is 80.0 Å². The molecule has 8 heteroatoms. The average Bonchev–Trinajstić information content (AvgIpc) is 3.15. The average molecular weight is 675 g/mol. The number of hydrogen-bond acceptors (Lipinski definition) is 5. The molecular weight excluding hydrogens is 648 g/mol. The van der Waals surface area contributed by atoms with Crippen LogP contribution in [0.4, 0.5) is 0 Å². The molecule has 2 aromatic carbocycles. The molecule has 33 heavy (non-hydrogen) atoms. The number of aliphatic carboxylic acids is 1. The van der Waals surface area contributed by atoms with Crippen LogP contribution in [0.1, 0.15) is 48.4 Å². The number of para-hydroxylation sites is 1. The second-order valence-electron chi connectivity index (χ2n) is 7.62. The van der Waals surface area contributed by atoms with Crippen molar-refractivity contribution < 1.29 is 23.8 Å². The van der Waals surface area contributed by atoms with Crippen molar-refractivity contribution >= 4 is 67.9 Å². The molecule has 0 saturated heterocycles. The highest BCUT2D eigenvalue weighted by molar-refractivity contribution is 14.1. The molecule has 0 bridgehead atoms. The minimum atomic E-state index is -0.861. The third-order valence-corrected chi connectivity index (χ3v) is 7.10. The molecule has 0 unspecified atom stereocenters. The first kappa shape index (κ1) is 26.0. The number of carboxylic acids is 1. The molecule has 3 rings (SSSR count). The monoisotopic (exact) mass is 675 g/mol. The van der Waals surface area contributed by atoms with Crippen LogP contribution in [-0.4, -0.2) is 48.0 Å². The Bertz CT molecular complexity index is 1110. The van der Waals surface area contributed by atoms with Gasteiger partial charge in [0.15, 0.2) is 5.78 Å². The first-order valence-electron chi connectivity index (χ1n) is 11.0. The summed E-state index contributed by atoms with van der Waals surface area (Å²) in [7, 11) is 0. The zero-order chi connectivity index (χ0) is 24.0. The summed E-state index contributed by atoms with van der Waals surface area (Å²) in [5.74, 6) is 0.334. The number of furan rings is 1. The minimum Gasteiger partial charge on any atom is -0.490 e. The SMILES string of the molecule is CCN(CC)CCOc1c(I)cc(C(=O)c2c(CCCC(=O)O)oc3ccccc23)cc1I. The van der Waals surface area contributed by atoms with Gasteiger partial charge in [0, 0.05) is 30.3 Å². The molecule has 0 aliphatic heterocycles. The third kappa shape index (κ3) is 6.48. The van der Waals surface area contributed by atoms with E-state index in [1.165, 1.54) is 0 Å². The number of nitrogens with zero attached hydrogens (tertiary/aromatic N) is 1. The minimum absolute atomic E-state index is 0.0278. The van der Waals surface area contributed by atoms with Gasteiger partial charge in [0.2, 0.25) is 0 Å². The van der Waals surface area contributed by atoms with Crippen molar-refractivity contribution in [3.63, 3.8) is 0 Å². The summed E-state index contributed by atoms with van der Waals surface area (Å²) in [6.07, 6.45) is 0.826. The maximum absolute atomic E-state index is 13.6. The number of ketones is 1. The number of aryl methyl sites for hydroxylation is 1. The Hall–Kier alpha value is -1.66. The number of hydrogen-bond donors (Lipinski definition) is 1. The van der Waals surface area contributed by atoms with Gasteiger partial charge in [-0.3, -0.25) is 9.59 Å². The maximum atomic E-state index is 13.6. The largest absolute Gasteiger partial charge is 0.490 e. The van der Waals surface area contributed by atoms with Gasteiger partial charge in [-0.1, -0.05) is 32.0 Å². The van der Waals surface area contributed by atoms with Crippen LogP contribution in [0, 0.1) is 7.14 Å². The van der Waals surface area contributed by atoms with E-state index < -0.39 is 5.97 Å². The number of benzene rings is 2. The van der Waals surface area contributed by atoms with Crippen molar-refractivity contribution in [2.45, 2.75) is 33.1 Å². The predicted molar refractivity (Wildman–Crippen MR) is 145 cm³/mol. The summed E-state index contributed by atoms with van der Waals surface area (Å²) < 4.78 is 13.8. The van der Waals surface area contributed by atoms with E-state index >= 15 is 0 Å². The summed E-state index contributed by atoms with van der Waals surface area (Å²) in [5, 5.41) is 9.73. The first-order valence-corrected chi connectivity index (χ1v) is 13.1. The lowest BCUT2D eigenvalue weighted by Gasteiger charge is -2.19. The fourth-order valence-corrected chi connectivity index (χ4v) is 5.79. The Labute approximate surface area is 220 Å². The molecule has 0 spiro atoms. The van der Waals surface area contributed by atoms with Gasteiger partial charge in [0.1, 0.15) is 23.7 Å². The molecule has 1 heterocycles. The highest BCUT2D eigenvalue weighted by atomic mass is 127. The van der Waals surface area contributed by atoms with E-state index in [2.05, 4.69) is 63.9 Å². The third-order valence-electron chi connectivity index (χ3n) is 5.50. The van der Waals surface area contributed by atoms with Gasteiger partial charge in [-0.15, -0.1) is 0 Å². The number of carbonyl (C=O) groups excluding carboxylic acids is 1. The van der Waals surface area contributed by atoms with Crippen LogP contribution in [-0.2, 0) is 11.2 Å². The lowest BCUT2D eigenvalue weighted by molar-refractivity contribution is -0.137. The summed E-state index contributed by atoms with van der Waals surface area (Å²) >= 11 is 4.42. The van der Waals surface area contributed by atoms with Crippen LogP contribution in [0.3, 0.4) is 0 Å². The molecule has 3 aromatic rings. The van der Waals surface area contributed by atoms with Crippen molar-refractivity contribution in [1.29, 1.82) is 0 Å². The molecular formula is C25H27I2NO5. The number of likely N-dealkylation sites (N-methyl/N-ethyl adjacent to an activating group) is 1. The molecule has 1 N–H and O–H groups in total. The van der Waals surface area contributed by atoms with Crippen LogP contribution in [0.25, 0.3) is 11.0 Å². The molecule has 0 fully saturated rings. The van der Waals surface area contributed by atoms with Gasteiger partial charge in [-0.25, -0.2) is 0 Å². The van der Waals surface area contributed by atoms with E-state index in [0.717, 1.165) is 37.9 Å². The Morgan fingerprint density at radius 1 is 1.09 bits per heavy atom. The fraction of sp³-hybridized carbons (Fsp3) is 0.360. The summed E-state index contributed by atoms with van der Waals surface area (Å²) in [6, 6.07) is 11.1. The Morgan fingerprint density at radius 3 is 2.39 bits per heavy atom. The van der Waals surface area contributed by atoms with E-state index in [1.807, 2.05) is 36.4 Å². The Morgan fingerprint density at radius 2 is 1.76 bits per heavy atom. The molecule has 0 aliphatic carbocycles. The summed E-state index contributed by atoms with van der Waals surface area (Å²) in [6.45, 7) is 7.66. The van der Waals surface area contributed by atoms with Crippen LogP contribution < -0.4 is 4.74 Å². The zero-order valence-electron chi connectivity index (χ0n) is 18.7. The van der Waals surface area contributed by atoms with E-state index in [1.54, 1.807) is 0 Å². The molecule has 0 radical (unpaired) electrons. The van der Waals surface area contributed by atoms with Gasteiger partial charge in [0.25, 0.3) is 0 Å². The maximum Gasteiger partial charge on any atom is 0.303 e. The van der Waals surface area contributed by atoms with Crippen LogP contribution in [0.2, 0.25) is 0 Å². The molecule has 0 atom stereocenters. The number of ether oxygens (including phenoxy) is 1. The smallest absolute Gasteiger partial charge is 0.303 e. The predicted octanol–water partition coefficient (Wildman–Crippen LogP) is 6.00. The quantitative estimate of drug-likeness (QED) is 0.188. The van der Waals surface area contributed by atoms with Crippen molar-refractivity contribution in [3.8, 4) is 5.75 Å². The molecule has 176 valence electrons. The molecule has 0 amide bonds. The van der Waals surface area contributed by atoms with E-state index in [4.69, 9.17) is 14.3 Å². The number of carboxylic acid groups (broad SMARTS) is 1. The standard InChI is InChI=1S/C25H27I2NO5/c1-3-28(4-2)12-13-32-25-18(26)14-16(15-19(25)27)24(31)23-17-8-5-6-9-20(17)33-21(23)10-7-11-22(29)30/h5-6,8-9,14-15H,3-4,7,10-13H2,1-2H3,(H,29,30). The number of fused-ring (bicyclic) bond motifs is 1. The van der Waals surface area contributed by atoms with Crippen molar-refractivity contribution in [2.75, 3.05) is 26.2 Å². The number of rotatable bonds is 12. The van der Waals surface area contributed by atoms with Crippen LogP contribution >= 0.6 is 45.2 Å². The van der Waals surface area contributed by atoms with Crippen LogP contribution in [0.15, 0.2) is 40.8 Å². The highest BCUT2D eigenvalue weighted by Gasteiger charge is 2.23. The van der Waals surface area contributed by atoms with Gasteiger partial charge in [0.05, 0.1) is 12.7 Å². The summed E-state index contributed by atoms with van der Waals surface area (Å²) in [5.41, 5.74) is 1.70. The second kappa shape index (κ2) is 12.2. The second-order valence-corrected chi connectivity index (χ2v) is 9.94. The molecule has 1 aromatic heterocycles. The van der Waals surface area contributed by atoms with Crippen LogP contribution in [0.5, 0.6) is 5.75 Å². The van der Waals surface area contributed by atoms with Gasteiger partial charge >= 0.3 is 5.97 Å². The van der Waals surface area contributed by atoms with Crippen molar-refractivity contribution in [1.82, 2.24) is 4.90 Å². The fourth-order valence-electron chi connectivity index (χ4n) is 3.71. The van der Waals surface area contributed by atoms with Gasteiger partial charge < -0.3 is 19.2 Å². The lowest BCUT2D eigenvalue weighted by atomic mass is 9.98. The van der Waals surface area contributed by atoms with Gasteiger partial charge in [-0.05, 0) is 82.9 Å². The summed E-state index contributed by atoms with van der Waals surface area (Å²) in [4.78, 5) is 26.8. The van der Waals surface area contributed by atoms with E-state index in [0.29, 0.717) is 41.9 Å². The molecule has 6 nitrogen and oxygen atoms in total. The Balaban J connectivity index is 1.88. The van der Waals surface area contributed by atoms with E-state index in [-0.39, 0.29) is 12.2 Å². The number of halogens is 2. The zero-order valence-corrected chi connectivity index (χ0v) is 23.0. The Kier molecular flexibility index (Phi) is 9.57. The van der Waals surface area contributed by atoms with Crippen molar-refractivity contribution in [2.24, 2.45) is 0 Å². The highest BCUT2D eigenvalue weighted by Crippen LogP contribution is 2.33. The van der Waals surface area contributed by atoms with Gasteiger partial charge in [-0.2, -0.15) is 0 Å².